The minimum Gasteiger partial charge on any atom is -0.370 e. The first-order valence-corrected chi connectivity index (χ1v) is 8.15. The first kappa shape index (κ1) is 16.2. The first-order chi connectivity index (χ1) is 11.5. The maximum Gasteiger partial charge on any atom is 0.151 e. The molecule has 3 rings (SSSR count). The molecule has 24 heavy (non-hydrogen) atoms. The summed E-state index contributed by atoms with van der Waals surface area (Å²) < 4.78 is 0. The summed E-state index contributed by atoms with van der Waals surface area (Å²) in [6.45, 7) is 9.21. The van der Waals surface area contributed by atoms with Gasteiger partial charge in [-0.2, -0.15) is 10.4 Å². The second kappa shape index (κ2) is 6.44. The second-order valence-corrected chi connectivity index (χ2v) is 7.22. The van der Waals surface area contributed by atoms with E-state index in [2.05, 4.69) is 64.4 Å². The topological polar surface area (TPSA) is 77.7 Å². The Morgan fingerprint density at radius 3 is 2.54 bits per heavy atom. The number of anilines is 2. The fourth-order valence-corrected chi connectivity index (χ4v) is 2.59. The van der Waals surface area contributed by atoms with Crippen molar-refractivity contribution in [3.8, 4) is 6.07 Å². The van der Waals surface area contributed by atoms with Crippen LogP contribution in [0, 0.1) is 17.2 Å². The highest BCUT2D eigenvalue weighted by atomic mass is 15.3. The van der Waals surface area contributed by atoms with Gasteiger partial charge in [0.1, 0.15) is 11.9 Å². The van der Waals surface area contributed by atoms with Crippen LogP contribution in [0.5, 0.6) is 0 Å². The van der Waals surface area contributed by atoms with Crippen molar-refractivity contribution in [1.29, 1.82) is 5.26 Å². The largest absolute Gasteiger partial charge is 0.370 e. The van der Waals surface area contributed by atoms with Crippen LogP contribution >= 0.6 is 0 Å². The second-order valence-electron chi connectivity index (χ2n) is 7.22. The molecule has 0 saturated carbocycles. The SMILES string of the molecule is CC(C)(C)c1ccc(N2CC(CNc3ccc(C#N)cn3)C2)nn1. The fourth-order valence-electron chi connectivity index (χ4n) is 2.59. The van der Waals surface area contributed by atoms with Crippen LogP contribution in [0.2, 0.25) is 0 Å². The number of nitriles is 1. The van der Waals surface area contributed by atoms with Crippen LogP contribution in [0.25, 0.3) is 0 Å². The lowest BCUT2D eigenvalue weighted by Gasteiger charge is -2.40. The molecule has 0 radical (unpaired) electrons. The van der Waals surface area contributed by atoms with Gasteiger partial charge in [0, 0.05) is 37.2 Å². The molecule has 2 aromatic rings. The smallest absolute Gasteiger partial charge is 0.151 e. The molecule has 6 nitrogen and oxygen atoms in total. The van der Waals surface area contributed by atoms with Crippen molar-refractivity contribution < 1.29 is 0 Å². The van der Waals surface area contributed by atoms with Gasteiger partial charge in [0.15, 0.2) is 5.82 Å². The van der Waals surface area contributed by atoms with Crippen molar-refractivity contribution in [2.75, 3.05) is 29.9 Å². The van der Waals surface area contributed by atoms with E-state index in [0.29, 0.717) is 11.5 Å². The maximum atomic E-state index is 8.77. The molecule has 1 saturated heterocycles. The van der Waals surface area contributed by atoms with Gasteiger partial charge >= 0.3 is 0 Å². The highest BCUT2D eigenvalue weighted by Crippen LogP contribution is 2.25. The summed E-state index contributed by atoms with van der Waals surface area (Å²) in [4.78, 5) is 6.45. The minimum atomic E-state index is 0.0288. The molecule has 124 valence electrons. The molecule has 0 unspecified atom stereocenters. The lowest BCUT2D eigenvalue weighted by molar-refractivity contribution is 0.424. The van der Waals surface area contributed by atoms with Gasteiger partial charge < -0.3 is 10.2 Å². The molecule has 1 N–H and O–H groups in total. The third kappa shape index (κ3) is 3.62. The number of rotatable bonds is 4. The van der Waals surface area contributed by atoms with Crippen LogP contribution < -0.4 is 10.2 Å². The Morgan fingerprint density at radius 1 is 1.21 bits per heavy atom. The zero-order valence-corrected chi connectivity index (χ0v) is 14.3. The number of nitrogens with one attached hydrogen (secondary N) is 1. The first-order valence-electron chi connectivity index (χ1n) is 8.15. The van der Waals surface area contributed by atoms with Gasteiger partial charge in [-0.3, -0.25) is 0 Å². The average Bonchev–Trinajstić information content (AvgIpc) is 2.53. The molecule has 0 amide bonds. The molecule has 2 aromatic heterocycles. The monoisotopic (exact) mass is 322 g/mol. The van der Waals surface area contributed by atoms with Crippen molar-refractivity contribution in [2.24, 2.45) is 5.92 Å². The molecule has 0 atom stereocenters. The third-order valence-electron chi connectivity index (χ3n) is 4.16. The quantitative estimate of drug-likeness (QED) is 0.932. The van der Waals surface area contributed by atoms with Crippen molar-refractivity contribution in [3.05, 3.63) is 41.7 Å². The Bertz CT molecular complexity index is 718. The summed E-state index contributed by atoms with van der Waals surface area (Å²) in [5.41, 5.74) is 1.62. The molecule has 6 heteroatoms. The number of pyridine rings is 1. The van der Waals surface area contributed by atoms with E-state index in [1.54, 1.807) is 12.3 Å². The van der Waals surface area contributed by atoms with Gasteiger partial charge in [-0.1, -0.05) is 20.8 Å². The number of hydrogen-bond donors (Lipinski definition) is 1. The number of hydrogen-bond acceptors (Lipinski definition) is 6. The van der Waals surface area contributed by atoms with Crippen molar-refractivity contribution in [2.45, 2.75) is 26.2 Å². The molecular formula is C18H22N6. The molecule has 1 fully saturated rings. The highest BCUT2D eigenvalue weighted by Gasteiger charge is 2.28. The number of nitrogens with zero attached hydrogens (tertiary/aromatic N) is 5. The van der Waals surface area contributed by atoms with Crippen LogP contribution in [0.3, 0.4) is 0 Å². The van der Waals surface area contributed by atoms with E-state index in [1.807, 2.05) is 6.07 Å². The molecule has 0 bridgehead atoms. The molecule has 1 aliphatic heterocycles. The summed E-state index contributed by atoms with van der Waals surface area (Å²) >= 11 is 0. The maximum absolute atomic E-state index is 8.77. The predicted molar refractivity (Wildman–Crippen MR) is 93.9 cm³/mol. The van der Waals surface area contributed by atoms with Gasteiger partial charge in [-0.15, -0.1) is 5.10 Å². The summed E-state index contributed by atoms with van der Waals surface area (Å²) in [5.74, 6) is 2.31. The van der Waals surface area contributed by atoms with Crippen LogP contribution in [-0.2, 0) is 5.41 Å². The van der Waals surface area contributed by atoms with Crippen molar-refractivity contribution in [3.63, 3.8) is 0 Å². The van der Waals surface area contributed by atoms with E-state index in [1.165, 1.54) is 0 Å². The fraction of sp³-hybridized carbons (Fsp3) is 0.444. The summed E-state index contributed by atoms with van der Waals surface area (Å²) in [6, 6.07) is 9.80. The van der Waals surface area contributed by atoms with Gasteiger partial charge in [-0.05, 0) is 24.3 Å². The summed E-state index contributed by atoms with van der Waals surface area (Å²) in [5, 5.41) is 20.8. The van der Waals surface area contributed by atoms with E-state index in [4.69, 9.17) is 5.26 Å². The highest BCUT2D eigenvalue weighted by molar-refractivity contribution is 5.43. The van der Waals surface area contributed by atoms with E-state index in [-0.39, 0.29) is 5.41 Å². The van der Waals surface area contributed by atoms with Gasteiger partial charge in [0.25, 0.3) is 0 Å². The Morgan fingerprint density at radius 2 is 2.00 bits per heavy atom. The Balaban J connectivity index is 1.48. The molecule has 1 aliphatic rings. The number of aromatic nitrogens is 3. The molecule has 0 aliphatic carbocycles. The normalized spacial score (nSPS) is 14.8. The summed E-state index contributed by atoms with van der Waals surface area (Å²) in [6.07, 6.45) is 1.59. The van der Waals surface area contributed by atoms with E-state index in [0.717, 1.165) is 37.0 Å². The predicted octanol–water partition coefficient (Wildman–Crippen LogP) is 2.59. The van der Waals surface area contributed by atoms with E-state index >= 15 is 0 Å². The summed E-state index contributed by atoms with van der Waals surface area (Å²) in [7, 11) is 0. The molecule has 3 heterocycles. The standard InChI is InChI=1S/C18H22N6/c1-18(2,3)15-5-7-17(23-22-15)24-11-14(12-24)10-21-16-6-4-13(8-19)9-20-16/h4-7,9,14H,10-12H2,1-3H3,(H,20,21). The Hall–Kier alpha value is -2.68. The van der Waals surface area contributed by atoms with Crippen molar-refractivity contribution in [1.82, 2.24) is 15.2 Å². The van der Waals surface area contributed by atoms with Gasteiger partial charge in [-0.25, -0.2) is 4.98 Å². The van der Waals surface area contributed by atoms with Gasteiger partial charge in [0.2, 0.25) is 0 Å². The van der Waals surface area contributed by atoms with Crippen LogP contribution in [0.1, 0.15) is 32.0 Å². The molecule has 0 spiro atoms. The van der Waals surface area contributed by atoms with Crippen LogP contribution in [0.15, 0.2) is 30.5 Å². The van der Waals surface area contributed by atoms with E-state index < -0.39 is 0 Å². The Labute approximate surface area is 142 Å². The molecule has 0 aromatic carbocycles. The van der Waals surface area contributed by atoms with Crippen LogP contribution in [-0.4, -0.2) is 34.8 Å². The minimum absolute atomic E-state index is 0.0288. The van der Waals surface area contributed by atoms with Crippen LogP contribution in [0.4, 0.5) is 11.6 Å². The third-order valence-corrected chi connectivity index (χ3v) is 4.16. The zero-order valence-electron chi connectivity index (χ0n) is 14.3. The average molecular weight is 322 g/mol. The van der Waals surface area contributed by atoms with E-state index in [9.17, 15) is 0 Å². The lowest BCUT2D eigenvalue weighted by atomic mass is 9.92. The van der Waals surface area contributed by atoms with Crippen molar-refractivity contribution >= 4 is 11.6 Å². The molecular weight excluding hydrogens is 300 g/mol. The lowest BCUT2D eigenvalue weighted by Crippen LogP contribution is -2.50. The zero-order chi connectivity index (χ0) is 17.2. The van der Waals surface area contributed by atoms with Gasteiger partial charge in [0.05, 0.1) is 11.3 Å². The Kier molecular flexibility index (Phi) is 4.34.